The fraction of sp³-hybridized carbons (Fsp3) is 1.00. The third kappa shape index (κ3) is 2.05. The molecule has 1 N–H and O–H groups in total. The van der Waals surface area contributed by atoms with Gasteiger partial charge in [0.15, 0.2) is 0 Å². The fourth-order valence-corrected chi connectivity index (χ4v) is 2.63. The maximum absolute atomic E-state index is 10.1. The topological polar surface area (TPSA) is 23.5 Å². The summed E-state index contributed by atoms with van der Waals surface area (Å²) in [6.45, 7) is 1.22. The molecule has 0 spiro atoms. The van der Waals surface area contributed by atoms with Crippen LogP contribution < -0.4 is 0 Å². The number of hydrogen-bond acceptors (Lipinski definition) is 2. The molecule has 1 heterocycles. The Hall–Kier alpha value is -0.0800. The lowest BCUT2D eigenvalue weighted by Gasteiger charge is -2.43. The van der Waals surface area contributed by atoms with Gasteiger partial charge >= 0.3 is 0 Å². The van der Waals surface area contributed by atoms with Crippen molar-refractivity contribution >= 4 is 0 Å². The van der Waals surface area contributed by atoms with Gasteiger partial charge in [0.1, 0.15) is 0 Å². The van der Waals surface area contributed by atoms with Crippen molar-refractivity contribution in [1.29, 1.82) is 0 Å². The van der Waals surface area contributed by atoms with Gasteiger partial charge in [0.2, 0.25) is 0 Å². The minimum absolute atomic E-state index is 0.281. The molecule has 2 heteroatoms. The second kappa shape index (κ2) is 3.58. The van der Waals surface area contributed by atoms with E-state index in [0.29, 0.717) is 6.04 Å². The Labute approximate surface area is 80.9 Å². The monoisotopic (exact) mass is 183 g/mol. The molecule has 0 amide bonds. The first-order valence-electron chi connectivity index (χ1n) is 5.62. The van der Waals surface area contributed by atoms with Gasteiger partial charge in [-0.15, -0.1) is 0 Å². The van der Waals surface area contributed by atoms with E-state index in [0.717, 1.165) is 19.3 Å². The molecule has 1 atom stereocenters. The summed E-state index contributed by atoms with van der Waals surface area (Å²) in [4.78, 5) is 2.43. The second-order valence-electron chi connectivity index (χ2n) is 4.91. The van der Waals surface area contributed by atoms with E-state index < -0.39 is 0 Å². The first-order chi connectivity index (χ1) is 6.20. The number of hydrogen-bond donors (Lipinski definition) is 1. The normalized spacial score (nSPS) is 34.2. The van der Waals surface area contributed by atoms with Gasteiger partial charge in [-0.2, -0.15) is 0 Å². The lowest BCUT2D eigenvalue weighted by atomic mass is 9.74. The van der Waals surface area contributed by atoms with Crippen molar-refractivity contribution in [3.05, 3.63) is 0 Å². The van der Waals surface area contributed by atoms with Gasteiger partial charge in [-0.3, -0.25) is 0 Å². The van der Waals surface area contributed by atoms with Gasteiger partial charge in [0, 0.05) is 6.04 Å². The Morgan fingerprint density at radius 2 is 2.08 bits per heavy atom. The number of aliphatic hydroxyl groups is 1. The third-order valence-electron chi connectivity index (χ3n) is 3.82. The van der Waals surface area contributed by atoms with E-state index in [4.69, 9.17) is 0 Å². The standard InChI is InChI=1S/C11H21NO/c1-12-8-3-2-5-10(12)9-11(13)6-4-7-11/h10,13H,2-9H2,1H3. The van der Waals surface area contributed by atoms with Crippen molar-refractivity contribution in [2.75, 3.05) is 13.6 Å². The van der Waals surface area contributed by atoms with Crippen LogP contribution in [-0.4, -0.2) is 35.2 Å². The zero-order valence-electron chi connectivity index (χ0n) is 8.63. The molecule has 1 saturated heterocycles. The Morgan fingerprint density at radius 3 is 2.62 bits per heavy atom. The Bertz CT molecular complexity index is 177. The van der Waals surface area contributed by atoms with E-state index in [1.807, 2.05) is 0 Å². The number of rotatable bonds is 2. The van der Waals surface area contributed by atoms with Crippen molar-refractivity contribution < 1.29 is 5.11 Å². The molecule has 0 bridgehead atoms. The molecule has 2 aliphatic rings. The lowest BCUT2D eigenvalue weighted by Crippen LogP contribution is -2.46. The van der Waals surface area contributed by atoms with Gasteiger partial charge in [-0.1, -0.05) is 6.42 Å². The highest BCUT2D eigenvalue weighted by Crippen LogP contribution is 2.37. The molecule has 1 aliphatic heterocycles. The van der Waals surface area contributed by atoms with Gasteiger partial charge in [0.05, 0.1) is 5.60 Å². The molecule has 1 aliphatic carbocycles. The molecule has 0 radical (unpaired) electrons. The lowest BCUT2D eigenvalue weighted by molar-refractivity contribution is -0.0615. The average Bonchev–Trinajstić information content (AvgIpc) is 2.06. The summed E-state index contributed by atoms with van der Waals surface area (Å²) in [5.74, 6) is 0. The number of nitrogens with zero attached hydrogens (tertiary/aromatic N) is 1. The second-order valence-corrected chi connectivity index (χ2v) is 4.91. The molecule has 1 unspecified atom stereocenters. The predicted octanol–water partition coefficient (Wildman–Crippen LogP) is 1.78. The Balaban J connectivity index is 1.85. The zero-order chi connectivity index (χ0) is 9.31. The molecule has 76 valence electrons. The highest BCUT2D eigenvalue weighted by molar-refractivity contribution is 4.92. The maximum atomic E-state index is 10.1. The molecule has 0 aromatic carbocycles. The molecule has 0 aromatic rings. The summed E-state index contributed by atoms with van der Waals surface area (Å²) < 4.78 is 0. The largest absolute Gasteiger partial charge is 0.390 e. The zero-order valence-corrected chi connectivity index (χ0v) is 8.63. The molecule has 2 nitrogen and oxygen atoms in total. The van der Waals surface area contributed by atoms with E-state index in [1.165, 1.54) is 32.2 Å². The quantitative estimate of drug-likeness (QED) is 0.705. The molecule has 0 aromatic heterocycles. The first kappa shape index (κ1) is 9.47. The van der Waals surface area contributed by atoms with E-state index in [1.54, 1.807) is 0 Å². The summed E-state index contributed by atoms with van der Waals surface area (Å²) in [5, 5.41) is 10.1. The molecule has 13 heavy (non-hydrogen) atoms. The fourth-order valence-electron chi connectivity index (χ4n) is 2.63. The van der Waals surface area contributed by atoms with Crippen molar-refractivity contribution in [2.24, 2.45) is 0 Å². The average molecular weight is 183 g/mol. The van der Waals surface area contributed by atoms with Crippen LogP contribution in [0.3, 0.4) is 0 Å². The van der Waals surface area contributed by atoms with Crippen LogP contribution in [-0.2, 0) is 0 Å². The molecule has 2 fully saturated rings. The maximum Gasteiger partial charge on any atom is 0.0662 e. The van der Waals surface area contributed by atoms with Gasteiger partial charge in [-0.05, 0) is 52.1 Å². The third-order valence-corrected chi connectivity index (χ3v) is 3.82. The minimum Gasteiger partial charge on any atom is -0.390 e. The van der Waals surface area contributed by atoms with Crippen LogP contribution in [0.15, 0.2) is 0 Å². The number of piperidine rings is 1. The van der Waals surface area contributed by atoms with Gasteiger partial charge in [-0.25, -0.2) is 0 Å². The predicted molar refractivity (Wildman–Crippen MR) is 53.7 cm³/mol. The summed E-state index contributed by atoms with van der Waals surface area (Å²) in [6, 6.07) is 0.652. The van der Waals surface area contributed by atoms with Crippen molar-refractivity contribution in [2.45, 2.75) is 56.6 Å². The number of likely N-dealkylation sites (tertiary alicyclic amines) is 1. The molecule has 2 rings (SSSR count). The molecular weight excluding hydrogens is 162 g/mol. The highest BCUT2D eigenvalue weighted by Gasteiger charge is 2.37. The minimum atomic E-state index is -0.281. The highest BCUT2D eigenvalue weighted by atomic mass is 16.3. The van der Waals surface area contributed by atoms with Crippen LogP contribution in [0.2, 0.25) is 0 Å². The SMILES string of the molecule is CN1CCCCC1CC1(O)CCC1. The van der Waals surface area contributed by atoms with Crippen LogP contribution >= 0.6 is 0 Å². The van der Waals surface area contributed by atoms with E-state index in [9.17, 15) is 5.11 Å². The summed E-state index contributed by atoms with van der Waals surface area (Å²) in [5.41, 5.74) is -0.281. The summed E-state index contributed by atoms with van der Waals surface area (Å²) >= 11 is 0. The van der Waals surface area contributed by atoms with E-state index in [-0.39, 0.29) is 5.60 Å². The summed E-state index contributed by atoms with van der Waals surface area (Å²) in [6.07, 6.45) is 8.31. The first-order valence-corrected chi connectivity index (χ1v) is 5.62. The van der Waals surface area contributed by atoms with Crippen LogP contribution in [0.4, 0.5) is 0 Å². The van der Waals surface area contributed by atoms with Crippen LogP contribution in [0.25, 0.3) is 0 Å². The van der Waals surface area contributed by atoms with Gasteiger partial charge in [0.25, 0.3) is 0 Å². The van der Waals surface area contributed by atoms with E-state index >= 15 is 0 Å². The molecular formula is C11H21NO. The van der Waals surface area contributed by atoms with Gasteiger partial charge < -0.3 is 10.0 Å². The smallest absolute Gasteiger partial charge is 0.0662 e. The summed E-state index contributed by atoms with van der Waals surface area (Å²) in [7, 11) is 2.20. The molecule has 1 saturated carbocycles. The van der Waals surface area contributed by atoms with Crippen molar-refractivity contribution in [3.8, 4) is 0 Å². The van der Waals surface area contributed by atoms with Crippen molar-refractivity contribution in [3.63, 3.8) is 0 Å². The van der Waals surface area contributed by atoms with Crippen molar-refractivity contribution in [1.82, 2.24) is 4.90 Å². The van der Waals surface area contributed by atoms with E-state index in [2.05, 4.69) is 11.9 Å². The van der Waals surface area contributed by atoms with Crippen LogP contribution in [0.1, 0.15) is 44.9 Å². The van der Waals surface area contributed by atoms with Crippen LogP contribution in [0.5, 0.6) is 0 Å². The van der Waals surface area contributed by atoms with Crippen LogP contribution in [0, 0.1) is 0 Å². The Morgan fingerprint density at radius 1 is 1.31 bits per heavy atom. The Kier molecular flexibility index (Phi) is 2.61.